The average molecular weight is 362 g/mol. The molecule has 1 amide bonds. The van der Waals surface area contributed by atoms with E-state index in [0.29, 0.717) is 12.1 Å². The third-order valence-electron chi connectivity index (χ3n) is 4.30. The van der Waals surface area contributed by atoms with Gasteiger partial charge in [-0.25, -0.2) is 0 Å². The number of fused-ring (bicyclic) bond motifs is 1. The van der Waals surface area contributed by atoms with Crippen molar-refractivity contribution in [3.05, 3.63) is 82.2 Å². The van der Waals surface area contributed by atoms with Crippen LogP contribution in [0.15, 0.2) is 65.5 Å². The van der Waals surface area contributed by atoms with E-state index in [9.17, 15) is 9.59 Å². The number of benzene rings is 2. The number of ether oxygens (including phenoxy) is 1. The van der Waals surface area contributed by atoms with Gasteiger partial charge in [0.05, 0.1) is 7.11 Å². The summed E-state index contributed by atoms with van der Waals surface area (Å²) in [5.41, 5.74) is 2.23. The Bertz CT molecular complexity index is 1000. The maximum absolute atomic E-state index is 12.1. The molecule has 2 aromatic carbocycles. The maximum Gasteiger partial charge on any atom is 0.255 e. The molecule has 5 nitrogen and oxygen atoms in total. The van der Waals surface area contributed by atoms with Crippen LogP contribution in [0.5, 0.6) is 5.75 Å². The van der Waals surface area contributed by atoms with Crippen LogP contribution in [-0.2, 0) is 11.2 Å². The van der Waals surface area contributed by atoms with Crippen molar-refractivity contribution in [2.45, 2.75) is 12.8 Å². The van der Waals surface area contributed by atoms with Crippen LogP contribution in [0, 0.1) is 0 Å². The molecule has 27 heavy (non-hydrogen) atoms. The molecule has 2 N–H and O–H groups in total. The summed E-state index contributed by atoms with van der Waals surface area (Å²) in [7, 11) is 1.64. The first kappa shape index (κ1) is 18.5. The van der Waals surface area contributed by atoms with Crippen LogP contribution >= 0.6 is 0 Å². The third kappa shape index (κ3) is 5.07. The number of nitrogens with one attached hydrogen (secondary N) is 2. The minimum atomic E-state index is -0.211. The molecule has 0 saturated heterocycles. The molecule has 1 heterocycles. The van der Waals surface area contributed by atoms with Gasteiger partial charge >= 0.3 is 0 Å². The molecule has 138 valence electrons. The molecule has 0 radical (unpaired) electrons. The first-order valence-electron chi connectivity index (χ1n) is 8.86. The number of methoxy groups -OCH3 is 1. The fourth-order valence-corrected chi connectivity index (χ4v) is 2.81. The topological polar surface area (TPSA) is 71.2 Å². The lowest BCUT2D eigenvalue weighted by Gasteiger charge is -2.04. The molecule has 0 fully saturated rings. The zero-order chi connectivity index (χ0) is 19.1. The fourth-order valence-electron chi connectivity index (χ4n) is 2.81. The Morgan fingerprint density at radius 2 is 1.93 bits per heavy atom. The van der Waals surface area contributed by atoms with Crippen molar-refractivity contribution in [3.63, 3.8) is 0 Å². The Morgan fingerprint density at radius 1 is 1.15 bits per heavy atom. The molecular formula is C22H22N2O3. The summed E-state index contributed by atoms with van der Waals surface area (Å²) in [4.78, 5) is 26.8. The van der Waals surface area contributed by atoms with Gasteiger partial charge in [-0.2, -0.15) is 0 Å². The smallest absolute Gasteiger partial charge is 0.255 e. The Balaban J connectivity index is 1.50. The van der Waals surface area contributed by atoms with E-state index in [1.54, 1.807) is 19.3 Å². The summed E-state index contributed by atoms with van der Waals surface area (Å²) >= 11 is 0. The van der Waals surface area contributed by atoms with Crippen LogP contribution in [0.2, 0.25) is 0 Å². The van der Waals surface area contributed by atoms with Gasteiger partial charge in [0.25, 0.3) is 5.56 Å². The van der Waals surface area contributed by atoms with Crippen molar-refractivity contribution in [3.8, 4) is 5.75 Å². The van der Waals surface area contributed by atoms with Crippen LogP contribution in [0.1, 0.15) is 17.5 Å². The third-order valence-corrected chi connectivity index (χ3v) is 4.30. The summed E-state index contributed by atoms with van der Waals surface area (Å²) in [5.74, 6) is 0.623. The zero-order valence-corrected chi connectivity index (χ0v) is 15.2. The number of aryl methyl sites for hydroxylation is 1. The van der Waals surface area contributed by atoms with E-state index in [4.69, 9.17) is 4.74 Å². The lowest BCUT2D eigenvalue weighted by atomic mass is 10.1. The monoisotopic (exact) mass is 362 g/mol. The molecule has 0 atom stereocenters. The van der Waals surface area contributed by atoms with Gasteiger partial charge < -0.3 is 15.0 Å². The largest absolute Gasteiger partial charge is 0.497 e. The minimum Gasteiger partial charge on any atom is -0.497 e. The Hall–Kier alpha value is -3.34. The number of amides is 1. The predicted molar refractivity (Wildman–Crippen MR) is 108 cm³/mol. The van der Waals surface area contributed by atoms with Gasteiger partial charge in [-0.1, -0.05) is 30.3 Å². The standard InChI is InChI=1S/C22H22N2O3/c1-27-19-11-8-16(9-12-19)5-4-14-23-21(25)13-10-18-15-17-6-2-3-7-20(17)24-22(18)26/h2-3,6-13,15H,4-5,14H2,1H3,(H,23,25)(H,24,26)/b13-10+. The minimum absolute atomic E-state index is 0.211. The molecule has 3 aromatic rings. The summed E-state index contributed by atoms with van der Waals surface area (Å²) in [6.45, 7) is 0.573. The van der Waals surface area contributed by atoms with Gasteiger partial charge in [0, 0.05) is 23.7 Å². The molecule has 0 aliphatic rings. The average Bonchev–Trinajstić information content (AvgIpc) is 2.70. The van der Waals surface area contributed by atoms with Crippen LogP contribution in [0.3, 0.4) is 0 Å². The van der Waals surface area contributed by atoms with E-state index in [1.165, 1.54) is 11.6 Å². The van der Waals surface area contributed by atoms with E-state index >= 15 is 0 Å². The SMILES string of the molecule is COc1ccc(CCCNC(=O)/C=C/c2cc3ccccc3[nH]c2=O)cc1. The Morgan fingerprint density at radius 3 is 2.70 bits per heavy atom. The van der Waals surface area contributed by atoms with E-state index in [-0.39, 0.29) is 11.5 Å². The van der Waals surface area contributed by atoms with Crippen LogP contribution in [0.4, 0.5) is 0 Å². The van der Waals surface area contributed by atoms with E-state index in [1.807, 2.05) is 48.5 Å². The second-order valence-electron chi connectivity index (χ2n) is 6.22. The Labute approximate surface area is 157 Å². The van der Waals surface area contributed by atoms with E-state index < -0.39 is 0 Å². The molecule has 0 spiro atoms. The quantitative estimate of drug-likeness (QED) is 0.500. The van der Waals surface area contributed by atoms with Crippen molar-refractivity contribution in [2.24, 2.45) is 0 Å². The number of rotatable bonds is 7. The first-order valence-corrected chi connectivity index (χ1v) is 8.86. The maximum atomic E-state index is 12.1. The van der Waals surface area contributed by atoms with Crippen molar-refractivity contribution < 1.29 is 9.53 Å². The summed E-state index contributed by atoms with van der Waals surface area (Å²) < 4.78 is 5.13. The molecule has 3 rings (SSSR count). The number of pyridine rings is 1. The summed E-state index contributed by atoms with van der Waals surface area (Å²) in [6, 6.07) is 17.2. The van der Waals surface area contributed by atoms with Gasteiger partial charge in [-0.05, 0) is 54.1 Å². The normalized spacial score (nSPS) is 11.0. The fraction of sp³-hybridized carbons (Fsp3) is 0.182. The van der Waals surface area contributed by atoms with Crippen LogP contribution < -0.4 is 15.6 Å². The molecule has 5 heteroatoms. The number of carbonyl (C=O) groups is 1. The Kier molecular flexibility index (Phi) is 6.05. The molecular weight excluding hydrogens is 340 g/mol. The number of para-hydroxylation sites is 1. The number of H-pyrrole nitrogens is 1. The number of carbonyl (C=O) groups excluding carboxylic acids is 1. The number of hydrogen-bond acceptors (Lipinski definition) is 3. The molecule has 0 bridgehead atoms. The van der Waals surface area contributed by atoms with Crippen LogP contribution in [-0.4, -0.2) is 24.5 Å². The van der Waals surface area contributed by atoms with Gasteiger partial charge in [-0.15, -0.1) is 0 Å². The lowest BCUT2D eigenvalue weighted by Crippen LogP contribution is -2.22. The molecule has 0 aliphatic heterocycles. The zero-order valence-electron chi connectivity index (χ0n) is 15.2. The van der Waals surface area contributed by atoms with Crippen LogP contribution in [0.25, 0.3) is 17.0 Å². The van der Waals surface area contributed by atoms with Crippen molar-refractivity contribution in [1.29, 1.82) is 0 Å². The lowest BCUT2D eigenvalue weighted by molar-refractivity contribution is -0.116. The van der Waals surface area contributed by atoms with E-state index in [2.05, 4.69) is 10.3 Å². The second-order valence-corrected chi connectivity index (χ2v) is 6.22. The number of aromatic amines is 1. The molecule has 1 aromatic heterocycles. The number of hydrogen-bond donors (Lipinski definition) is 2. The molecule has 0 aliphatic carbocycles. The van der Waals surface area contributed by atoms with Gasteiger partial charge in [0.2, 0.25) is 5.91 Å². The van der Waals surface area contributed by atoms with Crippen molar-refractivity contribution in [2.75, 3.05) is 13.7 Å². The van der Waals surface area contributed by atoms with Gasteiger partial charge in [-0.3, -0.25) is 9.59 Å². The first-order chi connectivity index (χ1) is 13.2. The molecule has 0 saturated carbocycles. The highest BCUT2D eigenvalue weighted by atomic mass is 16.5. The highest BCUT2D eigenvalue weighted by Gasteiger charge is 2.01. The van der Waals surface area contributed by atoms with E-state index in [0.717, 1.165) is 29.5 Å². The number of aromatic nitrogens is 1. The van der Waals surface area contributed by atoms with Gasteiger partial charge in [0.1, 0.15) is 5.75 Å². The predicted octanol–water partition coefficient (Wildman–Crippen LogP) is 3.30. The van der Waals surface area contributed by atoms with Crippen molar-refractivity contribution in [1.82, 2.24) is 10.3 Å². The molecule has 0 unspecified atom stereocenters. The summed E-state index contributed by atoms with van der Waals surface area (Å²) in [5, 5.41) is 3.77. The highest BCUT2D eigenvalue weighted by Crippen LogP contribution is 2.12. The van der Waals surface area contributed by atoms with Crippen molar-refractivity contribution >= 4 is 22.9 Å². The van der Waals surface area contributed by atoms with Gasteiger partial charge in [0.15, 0.2) is 0 Å². The highest BCUT2D eigenvalue weighted by molar-refractivity contribution is 5.92. The second kappa shape index (κ2) is 8.85. The summed E-state index contributed by atoms with van der Waals surface area (Å²) in [6.07, 6.45) is 4.65.